The first-order chi connectivity index (χ1) is 14.1. The molecule has 0 amide bonds. The van der Waals surface area contributed by atoms with Crippen molar-refractivity contribution in [2.24, 2.45) is 23.7 Å². The summed E-state index contributed by atoms with van der Waals surface area (Å²) in [5, 5.41) is 0. The molecule has 0 N–H and O–H groups in total. The molecule has 0 unspecified atom stereocenters. The van der Waals surface area contributed by atoms with Crippen molar-refractivity contribution in [2.75, 3.05) is 13.2 Å². The van der Waals surface area contributed by atoms with E-state index in [9.17, 15) is 8.78 Å². The lowest BCUT2D eigenvalue weighted by molar-refractivity contribution is 0.121. The van der Waals surface area contributed by atoms with Gasteiger partial charge >= 0.3 is 0 Å². The number of unbranched alkanes of at least 4 members (excludes halogenated alkanes) is 1. The first kappa shape index (κ1) is 22.4. The lowest BCUT2D eigenvalue weighted by atomic mass is 9.69. The van der Waals surface area contributed by atoms with Crippen LogP contribution in [0.5, 0.6) is 11.5 Å². The Morgan fingerprint density at radius 2 is 1.28 bits per heavy atom. The molecule has 0 heterocycles. The van der Waals surface area contributed by atoms with Crippen LogP contribution in [0.4, 0.5) is 8.78 Å². The first-order valence-electron chi connectivity index (χ1n) is 11.9. The average Bonchev–Trinajstić information content (AvgIpc) is 2.77. The third-order valence-electron chi connectivity index (χ3n) is 7.27. The van der Waals surface area contributed by atoms with E-state index in [4.69, 9.17) is 9.47 Å². The van der Waals surface area contributed by atoms with Crippen LogP contribution in [0.3, 0.4) is 0 Å². The molecule has 0 saturated heterocycles. The SMILES string of the molecule is CCCCOc1ccc(OC[C@H]2CC[C@H]([C@H]3CC[C@H](CC)CC3)CC2)c(F)c1F. The van der Waals surface area contributed by atoms with E-state index in [0.717, 1.165) is 43.4 Å². The number of benzene rings is 1. The second-order valence-electron chi connectivity index (χ2n) is 9.17. The highest BCUT2D eigenvalue weighted by Crippen LogP contribution is 2.42. The summed E-state index contributed by atoms with van der Waals surface area (Å²) in [6.45, 7) is 5.22. The Hall–Kier alpha value is -1.32. The monoisotopic (exact) mass is 408 g/mol. The Labute approximate surface area is 175 Å². The number of halogens is 2. The molecule has 2 nitrogen and oxygen atoms in total. The molecule has 4 heteroatoms. The minimum atomic E-state index is -0.940. The van der Waals surface area contributed by atoms with Crippen molar-refractivity contribution in [3.05, 3.63) is 23.8 Å². The smallest absolute Gasteiger partial charge is 0.204 e. The summed E-state index contributed by atoms with van der Waals surface area (Å²) in [7, 11) is 0. The molecule has 2 saturated carbocycles. The molecule has 0 aromatic heterocycles. The van der Waals surface area contributed by atoms with Crippen LogP contribution < -0.4 is 9.47 Å². The molecule has 0 radical (unpaired) electrons. The van der Waals surface area contributed by atoms with Gasteiger partial charge in [0.05, 0.1) is 13.2 Å². The largest absolute Gasteiger partial charge is 0.490 e. The summed E-state index contributed by atoms with van der Waals surface area (Å²) >= 11 is 0. The van der Waals surface area contributed by atoms with Gasteiger partial charge in [-0.3, -0.25) is 0 Å². The third kappa shape index (κ3) is 6.08. The van der Waals surface area contributed by atoms with Gasteiger partial charge in [-0.15, -0.1) is 0 Å². The lowest BCUT2D eigenvalue weighted by Crippen LogP contribution is -2.27. The average molecular weight is 409 g/mol. The molecule has 29 heavy (non-hydrogen) atoms. The van der Waals surface area contributed by atoms with Crippen molar-refractivity contribution in [2.45, 2.75) is 84.5 Å². The number of hydrogen-bond donors (Lipinski definition) is 0. The van der Waals surface area contributed by atoms with Gasteiger partial charge < -0.3 is 9.47 Å². The van der Waals surface area contributed by atoms with Crippen LogP contribution in [0, 0.1) is 35.3 Å². The van der Waals surface area contributed by atoms with Crippen molar-refractivity contribution in [1.29, 1.82) is 0 Å². The Bertz CT molecular complexity index is 617. The van der Waals surface area contributed by atoms with Crippen LogP contribution in [-0.2, 0) is 0 Å². The third-order valence-corrected chi connectivity index (χ3v) is 7.27. The Morgan fingerprint density at radius 1 is 0.759 bits per heavy atom. The summed E-state index contributed by atoms with van der Waals surface area (Å²) < 4.78 is 39.5. The molecule has 0 spiro atoms. The fourth-order valence-electron chi connectivity index (χ4n) is 5.17. The van der Waals surface area contributed by atoms with Crippen LogP contribution >= 0.6 is 0 Å². The summed E-state index contributed by atoms with van der Waals surface area (Å²) in [6.07, 6.45) is 13.5. The van der Waals surface area contributed by atoms with Gasteiger partial charge in [0.25, 0.3) is 0 Å². The highest BCUT2D eigenvalue weighted by Gasteiger charge is 2.30. The zero-order valence-electron chi connectivity index (χ0n) is 18.2. The van der Waals surface area contributed by atoms with Crippen molar-refractivity contribution >= 4 is 0 Å². The fraction of sp³-hybridized carbons (Fsp3) is 0.760. The number of rotatable bonds is 9. The van der Waals surface area contributed by atoms with Crippen molar-refractivity contribution in [3.63, 3.8) is 0 Å². The topological polar surface area (TPSA) is 18.5 Å². The predicted molar refractivity (Wildman–Crippen MR) is 113 cm³/mol. The molecular formula is C25H38F2O2. The summed E-state index contributed by atoms with van der Waals surface area (Å²) in [4.78, 5) is 0. The van der Waals surface area contributed by atoms with Crippen molar-refractivity contribution < 1.29 is 18.3 Å². The van der Waals surface area contributed by atoms with Gasteiger partial charge in [0.2, 0.25) is 11.6 Å². The highest BCUT2D eigenvalue weighted by atomic mass is 19.2. The van der Waals surface area contributed by atoms with E-state index in [1.54, 1.807) is 0 Å². The summed E-state index contributed by atoms with van der Waals surface area (Å²) in [5.74, 6) is 1.28. The minimum Gasteiger partial charge on any atom is -0.490 e. The Balaban J connectivity index is 1.43. The van der Waals surface area contributed by atoms with Gasteiger partial charge in [-0.05, 0) is 80.8 Å². The zero-order chi connectivity index (χ0) is 20.6. The second kappa shape index (κ2) is 11.2. The summed E-state index contributed by atoms with van der Waals surface area (Å²) in [5.41, 5.74) is 0. The quantitative estimate of drug-likeness (QED) is 0.393. The summed E-state index contributed by atoms with van der Waals surface area (Å²) in [6, 6.07) is 2.98. The number of hydrogen-bond acceptors (Lipinski definition) is 2. The molecule has 2 aliphatic carbocycles. The highest BCUT2D eigenvalue weighted by molar-refractivity contribution is 5.35. The lowest BCUT2D eigenvalue weighted by Gasteiger charge is -2.37. The van der Waals surface area contributed by atoms with Gasteiger partial charge in [0.1, 0.15) is 0 Å². The van der Waals surface area contributed by atoms with Crippen molar-refractivity contribution in [1.82, 2.24) is 0 Å². The van der Waals surface area contributed by atoms with Gasteiger partial charge in [0, 0.05) is 0 Å². The molecule has 3 rings (SSSR count). The maximum absolute atomic E-state index is 14.3. The van der Waals surface area contributed by atoms with E-state index < -0.39 is 11.6 Å². The minimum absolute atomic E-state index is 0.00496. The van der Waals surface area contributed by atoms with E-state index in [1.807, 2.05) is 6.92 Å². The van der Waals surface area contributed by atoms with Crippen LogP contribution in [-0.4, -0.2) is 13.2 Å². The van der Waals surface area contributed by atoms with Crippen LogP contribution in [0.25, 0.3) is 0 Å². The van der Waals surface area contributed by atoms with Gasteiger partial charge in [0.15, 0.2) is 11.5 Å². The number of ether oxygens (including phenoxy) is 2. The normalized spacial score (nSPS) is 27.6. The van der Waals surface area contributed by atoms with Crippen LogP contribution in [0.15, 0.2) is 12.1 Å². The molecule has 164 valence electrons. The molecule has 0 atom stereocenters. The molecule has 2 aliphatic rings. The van der Waals surface area contributed by atoms with E-state index in [-0.39, 0.29) is 11.5 Å². The first-order valence-corrected chi connectivity index (χ1v) is 11.9. The van der Waals surface area contributed by atoms with Crippen LogP contribution in [0.2, 0.25) is 0 Å². The van der Waals surface area contributed by atoms with Gasteiger partial charge in [-0.25, -0.2) is 0 Å². The molecule has 2 fully saturated rings. The maximum atomic E-state index is 14.3. The molecule has 1 aromatic rings. The fourth-order valence-corrected chi connectivity index (χ4v) is 5.17. The van der Waals surface area contributed by atoms with E-state index >= 15 is 0 Å². The second-order valence-corrected chi connectivity index (χ2v) is 9.17. The van der Waals surface area contributed by atoms with Crippen molar-refractivity contribution in [3.8, 4) is 11.5 Å². The Kier molecular flexibility index (Phi) is 8.62. The van der Waals surface area contributed by atoms with E-state index in [2.05, 4.69) is 6.92 Å². The predicted octanol–water partition coefficient (Wildman–Crippen LogP) is 7.55. The van der Waals surface area contributed by atoms with E-state index in [1.165, 1.54) is 57.1 Å². The van der Waals surface area contributed by atoms with Gasteiger partial charge in [-0.2, -0.15) is 8.78 Å². The Morgan fingerprint density at radius 3 is 1.79 bits per heavy atom. The standard InChI is InChI=1S/C25H38F2O2/c1-3-5-16-28-22-14-15-23(25(27)24(22)26)29-17-19-8-12-21(13-9-19)20-10-6-18(4-2)7-11-20/h14-15,18-21H,3-13,16-17H2,1-2H3/t18-,19-,20-,21-. The van der Waals surface area contributed by atoms with Crippen LogP contribution in [0.1, 0.15) is 84.5 Å². The van der Waals surface area contributed by atoms with E-state index in [0.29, 0.717) is 19.1 Å². The zero-order valence-corrected chi connectivity index (χ0v) is 18.2. The molecule has 0 aliphatic heterocycles. The molecular weight excluding hydrogens is 370 g/mol. The van der Waals surface area contributed by atoms with Gasteiger partial charge in [-0.1, -0.05) is 39.5 Å². The molecule has 0 bridgehead atoms. The maximum Gasteiger partial charge on any atom is 0.204 e. The molecule has 1 aromatic carbocycles.